The Morgan fingerprint density at radius 3 is 2.79 bits per heavy atom. The van der Waals surface area contributed by atoms with Crippen molar-refractivity contribution in [2.45, 2.75) is 6.10 Å². The van der Waals surface area contributed by atoms with Crippen molar-refractivity contribution in [2.24, 2.45) is 7.05 Å². The van der Waals surface area contributed by atoms with Gasteiger partial charge in [-0.05, 0) is 24.3 Å². The van der Waals surface area contributed by atoms with Gasteiger partial charge in [0, 0.05) is 37.6 Å². The van der Waals surface area contributed by atoms with Crippen molar-refractivity contribution in [2.75, 3.05) is 24.6 Å². The summed E-state index contributed by atoms with van der Waals surface area (Å²) in [6, 6.07) is 8.50. The molecule has 0 amide bonds. The Morgan fingerprint density at radius 1 is 1.29 bits per heavy atom. The van der Waals surface area contributed by atoms with Gasteiger partial charge < -0.3 is 9.64 Å². The lowest BCUT2D eigenvalue weighted by Crippen LogP contribution is -2.48. The lowest BCUT2D eigenvalue weighted by molar-refractivity contribution is 0.0340. The molecule has 0 bridgehead atoms. The van der Waals surface area contributed by atoms with Crippen LogP contribution in [0.25, 0.3) is 11.3 Å². The Kier molecular flexibility index (Phi) is 5.25. The molecule has 1 aliphatic rings. The average molecular weight is 417 g/mol. The Morgan fingerprint density at radius 2 is 2.07 bits per heavy atom. The van der Waals surface area contributed by atoms with Crippen molar-refractivity contribution in [3.63, 3.8) is 0 Å². The largest absolute Gasteiger partial charge is 0.366 e. The van der Waals surface area contributed by atoms with Gasteiger partial charge in [0.2, 0.25) is 11.7 Å². The van der Waals surface area contributed by atoms with Crippen LogP contribution in [-0.4, -0.2) is 46.1 Å². The summed E-state index contributed by atoms with van der Waals surface area (Å²) in [5.74, 6) is 0.390. The number of pyridine rings is 1. The summed E-state index contributed by atoms with van der Waals surface area (Å²) in [5.41, 5.74) is 1.21. The van der Waals surface area contributed by atoms with Crippen LogP contribution < -0.4 is 10.5 Å². The molecule has 0 radical (unpaired) electrons. The molecule has 28 heavy (non-hydrogen) atoms. The monoisotopic (exact) mass is 416 g/mol. The minimum Gasteiger partial charge on any atom is -0.366 e. The van der Waals surface area contributed by atoms with E-state index in [1.165, 1.54) is 22.0 Å². The van der Waals surface area contributed by atoms with E-state index in [0.29, 0.717) is 40.6 Å². The fourth-order valence-electron chi connectivity index (χ4n) is 3.08. The third-order valence-electron chi connectivity index (χ3n) is 4.55. The van der Waals surface area contributed by atoms with Crippen molar-refractivity contribution >= 4 is 34.7 Å². The van der Waals surface area contributed by atoms with E-state index in [9.17, 15) is 9.59 Å². The van der Waals surface area contributed by atoms with Gasteiger partial charge in [0.15, 0.2) is 0 Å². The molecule has 1 aliphatic heterocycles. The van der Waals surface area contributed by atoms with Crippen LogP contribution in [0.4, 0.5) is 5.95 Å². The van der Waals surface area contributed by atoms with E-state index in [0.717, 1.165) is 5.56 Å². The minimum absolute atomic E-state index is 0.114. The molecule has 7 nitrogen and oxygen atoms in total. The first-order valence-electron chi connectivity index (χ1n) is 8.67. The zero-order valence-corrected chi connectivity index (χ0v) is 16.6. The maximum atomic E-state index is 12.7. The van der Waals surface area contributed by atoms with Crippen molar-refractivity contribution in [3.8, 4) is 11.3 Å². The molecule has 1 unspecified atom stereocenters. The zero-order valence-electron chi connectivity index (χ0n) is 15.0. The number of Topliss-reactive ketones (excluding diaryl/α,β-unsaturated/α-hetero) is 1. The van der Waals surface area contributed by atoms with Crippen molar-refractivity contribution in [3.05, 3.63) is 62.3 Å². The molecule has 0 aromatic carbocycles. The highest BCUT2D eigenvalue weighted by atomic mass is 35.5. The SMILES string of the molecule is Cn1c(N2CCOC(C(=O)c3ccc(Cl)s3)C2)nc(-c2ccncc2)cc1=O. The molecule has 144 valence electrons. The molecule has 0 N–H and O–H groups in total. The number of morpholine rings is 1. The summed E-state index contributed by atoms with van der Waals surface area (Å²) in [5, 5.41) is 0. The summed E-state index contributed by atoms with van der Waals surface area (Å²) in [4.78, 5) is 36.4. The number of rotatable bonds is 4. The molecular weight excluding hydrogens is 400 g/mol. The molecule has 1 fully saturated rings. The lowest BCUT2D eigenvalue weighted by atomic mass is 10.1. The summed E-state index contributed by atoms with van der Waals surface area (Å²) >= 11 is 7.18. The normalized spacial score (nSPS) is 16.9. The number of anilines is 1. The van der Waals surface area contributed by atoms with Gasteiger partial charge in [0.05, 0.1) is 28.1 Å². The summed E-state index contributed by atoms with van der Waals surface area (Å²) < 4.78 is 7.74. The van der Waals surface area contributed by atoms with Gasteiger partial charge >= 0.3 is 0 Å². The fraction of sp³-hybridized carbons (Fsp3) is 0.263. The molecule has 0 saturated carbocycles. The van der Waals surface area contributed by atoms with Crippen LogP contribution in [0, 0.1) is 0 Å². The lowest BCUT2D eigenvalue weighted by Gasteiger charge is -2.33. The maximum Gasteiger partial charge on any atom is 0.255 e. The van der Waals surface area contributed by atoms with Gasteiger partial charge in [-0.2, -0.15) is 0 Å². The van der Waals surface area contributed by atoms with Crippen LogP contribution in [0.3, 0.4) is 0 Å². The van der Waals surface area contributed by atoms with Crippen molar-refractivity contribution < 1.29 is 9.53 Å². The average Bonchev–Trinajstić information content (AvgIpc) is 3.16. The third kappa shape index (κ3) is 3.71. The van der Waals surface area contributed by atoms with Crippen LogP contribution in [0.2, 0.25) is 4.34 Å². The molecule has 3 aromatic rings. The standard InChI is InChI=1S/C19H17ClN4O3S/c1-23-17(25)10-13(12-4-6-21-7-5-12)22-19(23)24-8-9-27-14(11-24)18(26)15-2-3-16(20)28-15/h2-7,10,14H,8-9,11H2,1H3. The molecule has 3 aromatic heterocycles. The van der Waals surface area contributed by atoms with Crippen molar-refractivity contribution in [1.82, 2.24) is 14.5 Å². The zero-order chi connectivity index (χ0) is 19.7. The molecule has 4 heterocycles. The molecule has 0 aliphatic carbocycles. The molecule has 9 heteroatoms. The fourth-order valence-corrected chi connectivity index (χ4v) is 4.10. The predicted molar refractivity (Wildman–Crippen MR) is 108 cm³/mol. The van der Waals surface area contributed by atoms with Gasteiger partial charge in [0.25, 0.3) is 5.56 Å². The van der Waals surface area contributed by atoms with Crippen LogP contribution in [0.5, 0.6) is 0 Å². The number of halogens is 1. The summed E-state index contributed by atoms with van der Waals surface area (Å²) in [6.07, 6.45) is 2.68. The quantitative estimate of drug-likeness (QED) is 0.608. The second-order valence-corrected chi connectivity index (χ2v) is 8.06. The van der Waals surface area contributed by atoms with Crippen LogP contribution in [0.15, 0.2) is 47.5 Å². The van der Waals surface area contributed by atoms with E-state index < -0.39 is 6.10 Å². The first-order valence-corrected chi connectivity index (χ1v) is 9.87. The van der Waals surface area contributed by atoms with Gasteiger partial charge in [-0.25, -0.2) is 4.98 Å². The Hall–Kier alpha value is -2.55. The van der Waals surface area contributed by atoms with E-state index in [2.05, 4.69) is 9.97 Å². The maximum absolute atomic E-state index is 12.7. The van der Waals surface area contributed by atoms with E-state index in [1.54, 1.807) is 43.7 Å². The minimum atomic E-state index is -0.634. The molecule has 1 saturated heterocycles. The summed E-state index contributed by atoms with van der Waals surface area (Å²) in [6.45, 7) is 1.22. The molecule has 0 spiro atoms. The highest BCUT2D eigenvalue weighted by Gasteiger charge is 2.30. The van der Waals surface area contributed by atoms with E-state index in [4.69, 9.17) is 16.3 Å². The van der Waals surface area contributed by atoms with Crippen LogP contribution in [-0.2, 0) is 11.8 Å². The van der Waals surface area contributed by atoms with Crippen molar-refractivity contribution in [1.29, 1.82) is 0 Å². The van der Waals surface area contributed by atoms with Gasteiger partial charge in [0.1, 0.15) is 6.10 Å². The topological polar surface area (TPSA) is 77.3 Å². The molecule has 4 rings (SSSR count). The first-order chi connectivity index (χ1) is 13.5. The highest BCUT2D eigenvalue weighted by molar-refractivity contribution is 7.18. The highest BCUT2D eigenvalue weighted by Crippen LogP contribution is 2.25. The Bertz CT molecular complexity index is 1070. The van der Waals surface area contributed by atoms with Crippen LogP contribution in [0.1, 0.15) is 9.67 Å². The van der Waals surface area contributed by atoms with E-state index in [-0.39, 0.29) is 11.3 Å². The Balaban J connectivity index is 1.64. The molecular formula is C19H17ClN4O3S. The van der Waals surface area contributed by atoms with Gasteiger partial charge in [-0.1, -0.05) is 11.6 Å². The predicted octanol–water partition coefficient (Wildman–Crippen LogP) is 2.65. The number of nitrogens with zero attached hydrogens (tertiary/aromatic N) is 4. The van der Waals surface area contributed by atoms with Crippen LogP contribution >= 0.6 is 22.9 Å². The van der Waals surface area contributed by atoms with Gasteiger partial charge in [-0.15, -0.1) is 11.3 Å². The van der Waals surface area contributed by atoms with Gasteiger partial charge in [-0.3, -0.25) is 19.1 Å². The smallest absolute Gasteiger partial charge is 0.255 e. The second kappa shape index (κ2) is 7.83. The van der Waals surface area contributed by atoms with E-state index >= 15 is 0 Å². The number of hydrogen-bond donors (Lipinski definition) is 0. The third-order valence-corrected chi connectivity index (χ3v) is 5.79. The summed E-state index contributed by atoms with van der Waals surface area (Å²) in [7, 11) is 1.67. The number of carbonyl (C=O) groups excluding carboxylic acids is 1. The first kappa shape index (κ1) is 18.8. The second-order valence-electron chi connectivity index (χ2n) is 6.35. The molecule has 1 atom stereocenters. The Labute approximate surface area is 170 Å². The number of hydrogen-bond acceptors (Lipinski definition) is 7. The number of aromatic nitrogens is 3. The number of ether oxygens (including phenoxy) is 1. The number of thiophene rings is 1. The number of carbonyl (C=O) groups is 1. The number of ketones is 1. The van der Waals surface area contributed by atoms with E-state index in [1.807, 2.05) is 4.90 Å².